The lowest BCUT2D eigenvalue weighted by atomic mass is 10.1. The minimum absolute atomic E-state index is 0.120. The number of benzene rings is 2. The van der Waals surface area contributed by atoms with Crippen LogP contribution in [0.25, 0.3) is 0 Å². The second-order valence-corrected chi connectivity index (χ2v) is 5.41. The molecule has 0 unspecified atom stereocenters. The normalized spacial score (nSPS) is 10.7. The minimum Gasteiger partial charge on any atom is -0.507 e. The number of carbonyl (C=O) groups is 1. The fourth-order valence-electron chi connectivity index (χ4n) is 2.07. The number of aromatic hydroxyl groups is 1. The van der Waals surface area contributed by atoms with E-state index >= 15 is 0 Å². The molecule has 0 aliphatic rings. The molecule has 0 aliphatic carbocycles. The topological polar surface area (TPSA) is 70.9 Å². The van der Waals surface area contributed by atoms with Crippen molar-refractivity contribution in [2.45, 2.75) is 20.8 Å². The van der Waals surface area contributed by atoms with Gasteiger partial charge in [0.1, 0.15) is 11.5 Å². The van der Waals surface area contributed by atoms with Crippen LogP contribution in [0.5, 0.6) is 11.5 Å². The molecule has 2 rings (SSSR count). The fraction of sp³-hybridized carbons (Fsp3) is 0.222. The smallest absolute Gasteiger partial charge is 0.277 e. The molecular formula is C18H20N2O3. The molecule has 1 amide bonds. The predicted molar refractivity (Wildman–Crippen MR) is 90.0 cm³/mol. The van der Waals surface area contributed by atoms with E-state index in [4.69, 9.17) is 4.74 Å². The number of hydrogen-bond donors (Lipinski definition) is 2. The van der Waals surface area contributed by atoms with Crippen molar-refractivity contribution in [1.29, 1.82) is 0 Å². The molecule has 0 fully saturated rings. The van der Waals surface area contributed by atoms with Crippen molar-refractivity contribution in [1.82, 2.24) is 5.43 Å². The first-order valence-electron chi connectivity index (χ1n) is 7.27. The highest BCUT2D eigenvalue weighted by atomic mass is 16.5. The molecule has 2 aromatic carbocycles. The summed E-state index contributed by atoms with van der Waals surface area (Å²) in [5.74, 6) is 0.424. The monoisotopic (exact) mass is 312 g/mol. The summed E-state index contributed by atoms with van der Waals surface area (Å²) in [7, 11) is 0. The number of rotatable bonds is 5. The summed E-state index contributed by atoms with van der Waals surface area (Å²) in [6.45, 7) is 5.69. The zero-order valence-corrected chi connectivity index (χ0v) is 13.5. The highest BCUT2D eigenvalue weighted by Crippen LogP contribution is 2.18. The highest BCUT2D eigenvalue weighted by Gasteiger charge is 2.04. The molecule has 0 spiro atoms. The number of nitrogens with zero attached hydrogens (tertiary/aromatic N) is 1. The van der Waals surface area contributed by atoms with Gasteiger partial charge >= 0.3 is 0 Å². The number of hydrogen-bond acceptors (Lipinski definition) is 4. The number of amides is 1. The van der Waals surface area contributed by atoms with Crippen molar-refractivity contribution >= 4 is 12.1 Å². The van der Waals surface area contributed by atoms with E-state index in [-0.39, 0.29) is 18.3 Å². The van der Waals surface area contributed by atoms with Gasteiger partial charge in [0.15, 0.2) is 6.61 Å². The highest BCUT2D eigenvalue weighted by molar-refractivity contribution is 5.85. The Morgan fingerprint density at radius 1 is 1.17 bits per heavy atom. The van der Waals surface area contributed by atoms with E-state index in [1.165, 1.54) is 6.21 Å². The lowest BCUT2D eigenvalue weighted by Gasteiger charge is -2.08. The first kappa shape index (κ1) is 16.5. The van der Waals surface area contributed by atoms with Crippen LogP contribution in [-0.2, 0) is 4.79 Å². The maximum atomic E-state index is 11.7. The van der Waals surface area contributed by atoms with Crippen molar-refractivity contribution in [2.75, 3.05) is 6.61 Å². The van der Waals surface area contributed by atoms with Crippen molar-refractivity contribution in [2.24, 2.45) is 5.10 Å². The molecule has 0 saturated carbocycles. The largest absolute Gasteiger partial charge is 0.507 e. The third-order valence-electron chi connectivity index (χ3n) is 3.27. The molecule has 5 nitrogen and oxygen atoms in total. The molecule has 2 N–H and O–H groups in total. The molecule has 0 atom stereocenters. The Morgan fingerprint density at radius 2 is 1.87 bits per heavy atom. The van der Waals surface area contributed by atoms with Crippen molar-refractivity contribution in [3.05, 3.63) is 58.7 Å². The van der Waals surface area contributed by atoms with E-state index < -0.39 is 0 Å². The fourth-order valence-corrected chi connectivity index (χ4v) is 2.07. The standard InChI is InChI=1S/C18H20N2O3/c1-12-5-7-17(14(3)8-12)23-11-18(22)20-19-10-15-6-4-13(2)9-16(15)21/h4-10,21H,11H2,1-3H3,(H,20,22)/b19-10+. The third-order valence-corrected chi connectivity index (χ3v) is 3.27. The van der Waals surface area contributed by atoms with Gasteiger partial charge in [0.05, 0.1) is 6.21 Å². The number of phenolic OH excluding ortho intramolecular Hbond substituents is 1. The first-order valence-corrected chi connectivity index (χ1v) is 7.27. The zero-order chi connectivity index (χ0) is 16.8. The third kappa shape index (κ3) is 4.85. The molecule has 0 aromatic heterocycles. The van der Waals surface area contributed by atoms with Gasteiger partial charge in [-0.25, -0.2) is 5.43 Å². The van der Waals surface area contributed by atoms with Gasteiger partial charge in [-0.2, -0.15) is 5.10 Å². The van der Waals surface area contributed by atoms with Crippen LogP contribution in [0.4, 0.5) is 0 Å². The van der Waals surface area contributed by atoms with Crippen LogP contribution < -0.4 is 10.2 Å². The van der Waals surface area contributed by atoms with Crippen LogP contribution in [0.2, 0.25) is 0 Å². The molecule has 0 aliphatic heterocycles. The van der Waals surface area contributed by atoms with E-state index in [2.05, 4.69) is 10.5 Å². The molecule has 0 heterocycles. The molecule has 2 aromatic rings. The average Bonchev–Trinajstić information content (AvgIpc) is 2.48. The summed E-state index contributed by atoms with van der Waals surface area (Å²) < 4.78 is 5.46. The summed E-state index contributed by atoms with van der Waals surface area (Å²) in [4.78, 5) is 11.7. The van der Waals surface area contributed by atoms with Crippen molar-refractivity contribution in [3.63, 3.8) is 0 Å². The number of ether oxygens (including phenoxy) is 1. The van der Waals surface area contributed by atoms with Gasteiger partial charge in [0, 0.05) is 5.56 Å². The number of nitrogens with one attached hydrogen (secondary N) is 1. The van der Waals surface area contributed by atoms with Gasteiger partial charge in [-0.15, -0.1) is 0 Å². The average molecular weight is 312 g/mol. The quantitative estimate of drug-likeness (QED) is 0.659. The minimum atomic E-state index is -0.368. The van der Waals surface area contributed by atoms with Crippen LogP contribution >= 0.6 is 0 Å². The zero-order valence-electron chi connectivity index (χ0n) is 13.5. The van der Waals surface area contributed by atoms with Gasteiger partial charge in [0.25, 0.3) is 5.91 Å². The Kier molecular flexibility index (Phi) is 5.36. The molecule has 5 heteroatoms. The summed E-state index contributed by atoms with van der Waals surface area (Å²) in [6, 6.07) is 11.0. The molecule has 0 saturated heterocycles. The summed E-state index contributed by atoms with van der Waals surface area (Å²) in [6.07, 6.45) is 1.39. The van der Waals surface area contributed by atoms with Crippen LogP contribution in [-0.4, -0.2) is 23.8 Å². The Labute approximate surface area is 135 Å². The second kappa shape index (κ2) is 7.45. The van der Waals surface area contributed by atoms with Crippen LogP contribution in [0, 0.1) is 20.8 Å². The maximum absolute atomic E-state index is 11.7. The van der Waals surface area contributed by atoms with E-state index in [9.17, 15) is 9.90 Å². The molecule has 0 bridgehead atoms. The Balaban J connectivity index is 1.86. The SMILES string of the molecule is Cc1ccc(OCC(=O)N/N=C/c2ccc(C)cc2O)c(C)c1. The van der Waals surface area contributed by atoms with E-state index in [1.807, 2.05) is 45.0 Å². The van der Waals surface area contributed by atoms with E-state index in [0.29, 0.717) is 11.3 Å². The molecule has 0 radical (unpaired) electrons. The summed E-state index contributed by atoms with van der Waals surface area (Å²) in [5.41, 5.74) is 5.97. The van der Waals surface area contributed by atoms with Crippen molar-refractivity contribution < 1.29 is 14.6 Å². The van der Waals surface area contributed by atoms with Crippen LogP contribution in [0.15, 0.2) is 41.5 Å². The van der Waals surface area contributed by atoms with Gasteiger partial charge in [-0.05, 0) is 50.1 Å². The Morgan fingerprint density at radius 3 is 2.57 bits per heavy atom. The summed E-state index contributed by atoms with van der Waals surface area (Å²) in [5, 5.41) is 13.5. The lowest BCUT2D eigenvalue weighted by molar-refractivity contribution is -0.123. The predicted octanol–water partition coefficient (Wildman–Crippen LogP) is 2.85. The van der Waals surface area contributed by atoms with E-state index in [0.717, 1.165) is 16.7 Å². The number of hydrazone groups is 1. The van der Waals surface area contributed by atoms with Crippen molar-refractivity contribution in [3.8, 4) is 11.5 Å². The first-order chi connectivity index (χ1) is 11.0. The molecule has 23 heavy (non-hydrogen) atoms. The number of phenols is 1. The number of carbonyl (C=O) groups excluding carboxylic acids is 1. The Hall–Kier alpha value is -2.82. The van der Waals surface area contributed by atoms with Crippen LogP contribution in [0.1, 0.15) is 22.3 Å². The summed E-state index contributed by atoms with van der Waals surface area (Å²) >= 11 is 0. The lowest BCUT2D eigenvalue weighted by Crippen LogP contribution is -2.24. The molecular weight excluding hydrogens is 292 g/mol. The maximum Gasteiger partial charge on any atom is 0.277 e. The second-order valence-electron chi connectivity index (χ2n) is 5.41. The van der Waals surface area contributed by atoms with Gasteiger partial charge in [-0.1, -0.05) is 23.8 Å². The molecule has 120 valence electrons. The van der Waals surface area contributed by atoms with Gasteiger partial charge in [-0.3, -0.25) is 4.79 Å². The van der Waals surface area contributed by atoms with E-state index in [1.54, 1.807) is 12.1 Å². The van der Waals surface area contributed by atoms with Gasteiger partial charge in [0.2, 0.25) is 0 Å². The van der Waals surface area contributed by atoms with Crippen LogP contribution in [0.3, 0.4) is 0 Å². The Bertz CT molecular complexity index is 739. The number of aryl methyl sites for hydroxylation is 3. The van der Waals surface area contributed by atoms with Gasteiger partial charge < -0.3 is 9.84 Å².